The lowest BCUT2D eigenvalue weighted by molar-refractivity contribution is -0.0821. The Morgan fingerprint density at radius 2 is 1.68 bits per heavy atom. The number of nitrogens with zero attached hydrogens (tertiary/aromatic N) is 1. The number of aliphatic hydroxyl groups excluding tert-OH is 1. The Kier molecular flexibility index (Phi) is 6.94. The van der Waals surface area contributed by atoms with Crippen molar-refractivity contribution >= 4 is 22.5 Å². The van der Waals surface area contributed by atoms with Gasteiger partial charge in [-0.3, -0.25) is 4.79 Å². The number of aryl methyl sites for hydroxylation is 1. The van der Waals surface area contributed by atoms with Gasteiger partial charge in [0.25, 0.3) is 5.56 Å². The third-order valence-corrected chi connectivity index (χ3v) is 6.09. The van der Waals surface area contributed by atoms with Gasteiger partial charge in [-0.2, -0.15) is 0 Å². The fraction of sp³-hybridized carbons (Fsp3) is 0.276. The highest BCUT2D eigenvalue weighted by Crippen LogP contribution is 2.40. The van der Waals surface area contributed by atoms with Crippen molar-refractivity contribution in [2.75, 3.05) is 6.61 Å². The number of fused-ring (bicyclic) bond motifs is 1. The van der Waals surface area contributed by atoms with Gasteiger partial charge in [0.2, 0.25) is 0 Å². The summed E-state index contributed by atoms with van der Waals surface area (Å²) < 4.78 is 8.10. The van der Waals surface area contributed by atoms with Gasteiger partial charge in [-0.1, -0.05) is 54.1 Å². The second-order valence-electron chi connectivity index (χ2n) is 9.57. The number of ether oxygens (including phenoxy) is 1. The van der Waals surface area contributed by atoms with Crippen LogP contribution in [0.25, 0.3) is 22.0 Å². The Morgan fingerprint density at radius 1 is 1.00 bits per heavy atom. The van der Waals surface area contributed by atoms with E-state index in [1.807, 2.05) is 94.4 Å². The second-order valence-corrected chi connectivity index (χ2v) is 10.0. The van der Waals surface area contributed by atoms with E-state index in [9.17, 15) is 9.90 Å². The zero-order chi connectivity index (χ0) is 24.5. The molecule has 0 radical (unpaired) electrons. The fourth-order valence-electron chi connectivity index (χ4n) is 4.47. The van der Waals surface area contributed by atoms with Crippen molar-refractivity contribution in [1.82, 2.24) is 4.57 Å². The number of hydrogen-bond acceptors (Lipinski definition) is 3. The van der Waals surface area contributed by atoms with E-state index in [1.165, 1.54) is 0 Å². The molecule has 0 bridgehead atoms. The van der Waals surface area contributed by atoms with Gasteiger partial charge in [-0.25, -0.2) is 0 Å². The Hall–Kier alpha value is -2.92. The van der Waals surface area contributed by atoms with Crippen LogP contribution in [-0.2, 0) is 11.3 Å². The number of halogens is 1. The number of aromatic nitrogens is 1. The van der Waals surface area contributed by atoms with Crippen LogP contribution in [0.1, 0.15) is 43.6 Å². The Balaban J connectivity index is 2.03. The van der Waals surface area contributed by atoms with Crippen molar-refractivity contribution in [1.29, 1.82) is 0 Å². The molecule has 1 atom stereocenters. The second kappa shape index (κ2) is 9.75. The molecule has 0 aliphatic rings. The molecule has 0 saturated heterocycles. The maximum Gasteiger partial charge on any atom is 0.251 e. The minimum atomic E-state index is -0.524. The molecule has 1 unspecified atom stereocenters. The molecule has 0 aliphatic heterocycles. The van der Waals surface area contributed by atoms with Crippen LogP contribution in [0.15, 0.2) is 77.6 Å². The Bertz CT molecular complexity index is 1350. The van der Waals surface area contributed by atoms with Gasteiger partial charge >= 0.3 is 0 Å². The molecule has 3 aromatic carbocycles. The predicted molar refractivity (Wildman–Crippen MR) is 140 cm³/mol. The summed E-state index contributed by atoms with van der Waals surface area (Å²) in [5.74, 6) is 0. The van der Waals surface area contributed by atoms with Gasteiger partial charge in [0, 0.05) is 16.5 Å². The van der Waals surface area contributed by atoms with Crippen LogP contribution in [-0.4, -0.2) is 21.9 Å². The highest BCUT2D eigenvalue weighted by atomic mass is 35.5. The minimum absolute atomic E-state index is 0.0600. The highest BCUT2D eigenvalue weighted by Gasteiger charge is 2.26. The molecular weight excluding hydrogens is 446 g/mol. The first kappa shape index (κ1) is 24.2. The molecule has 176 valence electrons. The average molecular weight is 476 g/mol. The Labute approximate surface area is 205 Å². The molecule has 4 aromatic rings. The van der Waals surface area contributed by atoms with Gasteiger partial charge in [-0.15, -0.1) is 0 Å². The minimum Gasteiger partial charge on any atom is -0.393 e. The summed E-state index contributed by atoms with van der Waals surface area (Å²) in [4.78, 5) is 13.0. The lowest BCUT2D eigenvalue weighted by atomic mass is 9.88. The van der Waals surface area contributed by atoms with Crippen molar-refractivity contribution in [3.63, 3.8) is 0 Å². The van der Waals surface area contributed by atoms with Crippen molar-refractivity contribution in [2.45, 2.75) is 45.9 Å². The summed E-state index contributed by atoms with van der Waals surface area (Å²) in [7, 11) is 0. The molecule has 0 spiro atoms. The molecular formula is C29H30ClNO3. The highest BCUT2D eigenvalue weighted by molar-refractivity contribution is 6.30. The van der Waals surface area contributed by atoms with Gasteiger partial charge in [0.1, 0.15) is 6.10 Å². The lowest BCUT2D eigenvalue weighted by Crippen LogP contribution is -2.26. The standard InChI is InChI=1S/C29H30ClNO3/c1-19-16-24-23(14-15-26(33)31(24)17-20-8-6-5-7-9-20)28(21-10-12-22(30)13-11-21)27(19)25(18-32)34-29(2,3)4/h5-16,25,32H,17-18H2,1-4H3. The van der Waals surface area contributed by atoms with E-state index >= 15 is 0 Å². The topological polar surface area (TPSA) is 51.5 Å². The molecule has 1 N–H and O–H groups in total. The van der Waals surface area contributed by atoms with Crippen molar-refractivity contribution in [3.05, 3.63) is 105 Å². The summed E-state index contributed by atoms with van der Waals surface area (Å²) in [6.45, 7) is 8.25. The molecule has 0 aliphatic carbocycles. The number of benzene rings is 3. The van der Waals surface area contributed by atoms with Gasteiger partial charge in [0.15, 0.2) is 0 Å². The maximum absolute atomic E-state index is 13.0. The van der Waals surface area contributed by atoms with E-state index in [4.69, 9.17) is 16.3 Å². The van der Waals surface area contributed by atoms with Crippen LogP contribution < -0.4 is 5.56 Å². The molecule has 5 heteroatoms. The first-order valence-electron chi connectivity index (χ1n) is 11.4. The summed E-state index contributed by atoms with van der Waals surface area (Å²) in [5.41, 5.74) is 5.15. The van der Waals surface area contributed by atoms with Crippen molar-refractivity contribution in [3.8, 4) is 11.1 Å². The Morgan fingerprint density at radius 3 is 2.29 bits per heavy atom. The SMILES string of the molecule is Cc1cc2c(ccc(=O)n2Cc2ccccc2)c(-c2ccc(Cl)cc2)c1C(CO)OC(C)(C)C. The molecule has 34 heavy (non-hydrogen) atoms. The van der Waals surface area contributed by atoms with Gasteiger partial charge in [0.05, 0.1) is 24.3 Å². The smallest absolute Gasteiger partial charge is 0.251 e. The normalized spacial score (nSPS) is 12.8. The first-order valence-corrected chi connectivity index (χ1v) is 11.8. The summed E-state index contributed by atoms with van der Waals surface area (Å²) in [5, 5.41) is 11.9. The van der Waals surface area contributed by atoms with E-state index in [-0.39, 0.29) is 12.2 Å². The fourth-order valence-corrected chi connectivity index (χ4v) is 4.60. The zero-order valence-corrected chi connectivity index (χ0v) is 20.8. The number of hydrogen-bond donors (Lipinski definition) is 1. The molecule has 1 heterocycles. The molecule has 0 fully saturated rings. The maximum atomic E-state index is 13.0. The van der Waals surface area contributed by atoms with E-state index in [0.29, 0.717) is 11.6 Å². The largest absolute Gasteiger partial charge is 0.393 e. The predicted octanol–water partition coefficient (Wildman–Crippen LogP) is 6.53. The van der Waals surface area contributed by atoms with Gasteiger partial charge in [-0.05, 0) is 79.8 Å². The van der Waals surface area contributed by atoms with E-state index in [2.05, 4.69) is 0 Å². The number of rotatable bonds is 6. The van der Waals surface area contributed by atoms with Crippen LogP contribution >= 0.6 is 11.6 Å². The molecule has 0 amide bonds. The average Bonchev–Trinajstić information content (AvgIpc) is 2.80. The van der Waals surface area contributed by atoms with E-state index in [1.54, 1.807) is 10.6 Å². The van der Waals surface area contributed by atoms with E-state index < -0.39 is 11.7 Å². The van der Waals surface area contributed by atoms with Gasteiger partial charge < -0.3 is 14.4 Å². The summed E-state index contributed by atoms with van der Waals surface area (Å²) in [6, 6.07) is 23.1. The van der Waals surface area contributed by atoms with Crippen LogP contribution in [0, 0.1) is 6.92 Å². The monoisotopic (exact) mass is 475 g/mol. The summed E-state index contributed by atoms with van der Waals surface area (Å²) >= 11 is 6.19. The molecule has 1 aromatic heterocycles. The molecule has 4 rings (SSSR count). The first-order chi connectivity index (χ1) is 16.2. The van der Waals surface area contributed by atoms with Crippen LogP contribution in [0.2, 0.25) is 5.02 Å². The number of aliphatic hydroxyl groups is 1. The number of pyridine rings is 1. The van der Waals surface area contributed by atoms with Crippen molar-refractivity contribution < 1.29 is 9.84 Å². The van der Waals surface area contributed by atoms with Crippen LogP contribution in [0.4, 0.5) is 0 Å². The van der Waals surface area contributed by atoms with Crippen LogP contribution in [0.3, 0.4) is 0 Å². The third kappa shape index (κ3) is 5.10. The third-order valence-electron chi connectivity index (χ3n) is 5.84. The van der Waals surface area contributed by atoms with Crippen LogP contribution in [0.5, 0.6) is 0 Å². The zero-order valence-electron chi connectivity index (χ0n) is 20.0. The lowest BCUT2D eigenvalue weighted by Gasteiger charge is -2.30. The molecule has 4 nitrogen and oxygen atoms in total. The summed E-state index contributed by atoms with van der Waals surface area (Å²) in [6.07, 6.45) is -0.524. The van der Waals surface area contributed by atoms with Crippen molar-refractivity contribution in [2.24, 2.45) is 0 Å². The molecule has 0 saturated carbocycles. The van der Waals surface area contributed by atoms with E-state index in [0.717, 1.165) is 38.7 Å². The quantitative estimate of drug-likeness (QED) is 0.345.